The van der Waals surface area contributed by atoms with Gasteiger partial charge in [0.1, 0.15) is 0 Å². The molecule has 2 N–H and O–H groups in total. The highest BCUT2D eigenvalue weighted by Gasteiger charge is 2.20. The summed E-state index contributed by atoms with van der Waals surface area (Å²) in [6.45, 7) is 0. The summed E-state index contributed by atoms with van der Waals surface area (Å²) in [4.78, 5) is 27.7. The van der Waals surface area contributed by atoms with E-state index < -0.39 is 11.7 Å². The maximum atomic E-state index is 12.4. The van der Waals surface area contributed by atoms with Crippen LogP contribution in [-0.4, -0.2) is 26.9 Å². The van der Waals surface area contributed by atoms with Crippen LogP contribution in [0, 0.1) is 0 Å². The summed E-state index contributed by atoms with van der Waals surface area (Å²) in [6.07, 6.45) is 2.79. The number of hydrogen-bond donors (Lipinski definition) is 2. The Balaban J connectivity index is 1.52. The Morgan fingerprint density at radius 1 is 1.04 bits per heavy atom. The van der Waals surface area contributed by atoms with Crippen molar-refractivity contribution in [2.75, 3.05) is 5.32 Å². The highest BCUT2D eigenvalue weighted by molar-refractivity contribution is 6.48. The molecule has 2 aromatic carbocycles. The van der Waals surface area contributed by atoms with Gasteiger partial charge >= 0.3 is 0 Å². The molecule has 4 aromatic rings. The van der Waals surface area contributed by atoms with E-state index in [4.69, 9.17) is 4.42 Å². The lowest BCUT2D eigenvalue weighted by Gasteiger charge is -2.04. The zero-order valence-corrected chi connectivity index (χ0v) is 12.9. The summed E-state index contributed by atoms with van der Waals surface area (Å²) < 4.78 is 5.10. The van der Waals surface area contributed by atoms with Crippen molar-refractivity contribution in [2.45, 2.75) is 0 Å². The zero-order chi connectivity index (χ0) is 17.2. The number of benzene rings is 2. The SMILES string of the molecule is O=C(Nc1ccc(-c2nnco2)cc1)C(=O)c1c[nH]c2ccccc12. The van der Waals surface area contributed by atoms with Gasteiger partial charge in [0.2, 0.25) is 12.3 Å². The number of aromatic amines is 1. The molecule has 0 radical (unpaired) electrons. The summed E-state index contributed by atoms with van der Waals surface area (Å²) in [6, 6.07) is 14.1. The minimum absolute atomic E-state index is 0.343. The van der Waals surface area contributed by atoms with E-state index in [9.17, 15) is 9.59 Å². The first-order valence-corrected chi connectivity index (χ1v) is 7.51. The van der Waals surface area contributed by atoms with E-state index in [1.54, 1.807) is 36.5 Å². The molecule has 0 unspecified atom stereocenters. The van der Waals surface area contributed by atoms with Gasteiger partial charge in [-0.2, -0.15) is 0 Å². The third-order valence-electron chi connectivity index (χ3n) is 3.79. The Hall–Kier alpha value is -3.74. The molecule has 0 bridgehead atoms. The molecule has 0 aliphatic heterocycles. The Labute approximate surface area is 141 Å². The number of anilines is 1. The molecule has 25 heavy (non-hydrogen) atoms. The van der Waals surface area contributed by atoms with Gasteiger partial charge in [0.15, 0.2) is 0 Å². The Kier molecular flexibility index (Phi) is 3.59. The first-order valence-electron chi connectivity index (χ1n) is 7.51. The number of fused-ring (bicyclic) bond motifs is 1. The minimum Gasteiger partial charge on any atom is -0.423 e. The highest BCUT2D eigenvalue weighted by Crippen LogP contribution is 2.21. The third kappa shape index (κ3) is 2.78. The molecule has 7 nitrogen and oxygen atoms in total. The smallest absolute Gasteiger partial charge is 0.296 e. The number of nitrogens with one attached hydrogen (secondary N) is 2. The maximum absolute atomic E-state index is 12.4. The van der Waals surface area contributed by atoms with Crippen LogP contribution in [0.3, 0.4) is 0 Å². The number of rotatable bonds is 4. The standard InChI is InChI=1S/C18H12N4O3/c23-16(14-9-19-15-4-2-1-3-13(14)15)17(24)21-12-7-5-11(6-8-12)18-22-20-10-25-18/h1-10,19H,(H,21,24). The fraction of sp³-hybridized carbons (Fsp3) is 0. The quantitative estimate of drug-likeness (QED) is 0.442. The number of aromatic nitrogens is 3. The summed E-state index contributed by atoms with van der Waals surface area (Å²) in [5.74, 6) is -0.915. The Bertz CT molecular complexity index is 1050. The van der Waals surface area contributed by atoms with Gasteiger partial charge < -0.3 is 14.7 Å². The van der Waals surface area contributed by atoms with Crippen LogP contribution in [0.5, 0.6) is 0 Å². The number of nitrogens with zero attached hydrogens (tertiary/aromatic N) is 2. The van der Waals surface area contributed by atoms with Crippen molar-refractivity contribution >= 4 is 28.3 Å². The van der Waals surface area contributed by atoms with Gasteiger partial charge in [-0.05, 0) is 30.3 Å². The van der Waals surface area contributed by atoms with Crippen molar-refractivity contribution < 1.29 is 14.0 Å². The van der Waals surface area contributed by atoms with E-state index in [0.717, 1.165) is 16.5 Å². The molecule has 0 atom stereocenters. The van der Waals surface area contributed by atoms with Crippen LogP contribution in [0.15, 0.2) is 65.5 Å². The Morgan fingerprint density at radius 3 is 2.60 bits per heavy atom. The molecule has 122 valence electrons. The van der Waals surface area contributed by atoms with Gasteiger partial charge in [-0.3, -0.25) is 9.59 Å². The lowest BCUT2D eigenvalue weighted by atomic mass is 10.1. The minimum atomic E-state index is -0.699. The lowest BCUT2D eigenvalue weighted by Crippen LogP contribution is -2.22. The summed E-state index contributed by atoms with van der Waals surface area (Å²) in [7, 11) is 0. The second-order valence-electron chi connectivity index (χ2n) is 5.35. The van der Waals surface area contributed by atoms with E-state index in [1.165, 1.54) is 6.39 Å². The number of Topliss-reactive ketones (excluding diaryl/α,β-unsaturated/α-hetero) is 1. The molecular weight excluding hydrogens is 320 g/mol. The first kappa shape index (κ1) is 14.8. The molecule has 0 spiro atoms. The summed E-state index contributed by atoms with van der Waals surface area (Å²) in [5, 5.41) is 10.7. The molecule has 0 saturated carbocycles. The number of ketones is 1. The van der Waals surface area contributed by atoms with Gasteiger partial charge in [0.05, 0.1) is 5.56 Å². The normalized spacial score (nSPS) is 10.7. The fourth-order valence-electron chi connectivity index (χ4n) is 2.56. The number of amides is 1. The summed E-state index contributed by atoms with van der Waals surface area (Å²) >= 11 is 0. The molecule has 2 heterocycles. The number of carbonyl (C=O) groups is 2. The molecule has 2 aromatic heterocycles. The molecular formula is C18H12N4O3. The monoisotopic (exact) mass is 332 g/mol. The number of H-pyrrole nitrogens is 1. The van der Waals surface area contributed by atoms with Crippen molar-refractivity contribution in [3.8, 4) is 11.5 Å². The van der Waals surface area contributed by atoms with Crippen molar-refractivity contribution in [3.05, 3.63) is 66.7 Å². The fourth-order valence-corrected chi connectivity index (χ4v) is 2.56. The number of hydrogen-bond acceptors (Lipinski definition) is 5. The third-order valence-corrected chi connectivity index (χ3v) is 3.79. The van der Waals surface area contributed by atoms with Crippen LogP contribution in [0.25, 0.3) is 22.4 Å². The predicted octanol–water partition coefficient (Wildman–Crippen LogP) is 3.04. The van der Waals surface area contributed by atoms with Crippen LogP contribution in [-0.2, 0) is 4.79 Å². The van der Waals surface area contributed by atoms with Gasteiger partial charge in [-0.25, -0.2) is 0 Å². The van der Waals surface area contributed by atoms with Crippen LogP contribution in [0.4, 0.5) is 5.69 Å². The van der Waals surface area contributed by atoms with Crippen molar-refractivity contribution in [2.24, 2.45) is 0 Å². The average Bonchev–Trinajstić information content (AvgIpc) is 3.31. The van der Waals surface area contributed by atoms with Gasteiger partial charge in [-0.15, -0.1) is 10.2 Å². The largest absolute Gasteiger partial charge is 0.423 e. The molecule has 0 aliphatic rings. The van der Waals surface area contributed by atoms with Crippen LogP contribution in [0.1, 0.15) is 10.4 Å². The number of carbonyl (C=O) groups excluding carboxylic acids is 2. The molecule has 7 heteroatoms. The Morgan fingerprint density at radius 2 is 1.84 bits per heavy atom. The first-order chi connectivity index (χ1) is 12.2. The van der Waals surface area contributed by atoms with Gasteiger partial charge in [0.25, 0.3) is 11.7 Å². The summed E-state index contributed by atoms with van der Waals surface area (Å²) in [5.41, 5.74) is 2.37. The van der Waals surface area contributed by atoms with Crippen LogP contribution < -0.4 is 5.32 Å². The molecule has 0 fully saturated rings. The highest BCUT2D eigenvalue weighted by atomic mass is 16.4. The van der Waals surface area contributed by atoms with Crippen molar-refractivity contribution in [3.63, 3.8) is 0 Å². The molecule has 1 amide bonds. The average molecular weight is 332 g/mol. The van der Waals surface area contributed by atoms with E-state index in [0.29, 0.717) is 17.1 Å². The maximum Gasteiger partial charge on any atom is 0.296 e. The van der Waals surface area contributed by atoms with Gasteiger partial charge in [0, 0.05) is 28.4 Å². The molecule has 4 rings (SSSR count). The van der Waals surface area contributed by atoms with E-state index in [-0.39, 0.29) is 0 Å². The zero-order valence-electron chi connectivity index (χ0n) is 12.9. The molecule has 0 saturated heterocycles. The molecule has 0 aliphatic carbocycles. The van der Waals surface area contributed by atoms with E-state index >= 15 is 0 Å². The van der Waals surface area contributed by atoms with Crippen LogP contribution >= 0.6 is 0 Å². The second-order valence-corrected chi connectivity index (χ2v) is 5.35. The van der Waals surface area contributed by atoms with E-state index in [2.05, 4.69) is 20.5 Å². The van der Waals surface area contributed by atoms with Crippen molar-refractivity contribution in [1.29, 1.82) is 0 Å². The van der Waals surface area contributed by atoms with Gasteiger partial charge in [-0.1, -0.05) is 18.2 Å². The second kappa shape index (κ2) is 6.04. The number of para-hydroxylation sites is 1. The van der Waals surface area contributed by atoms with E-state index in [1.807, 2.05) is 18.2 Å². The predicted molar refractivity (Wildman–Crippen MR) is 91.0 cm³/mol. The van der Waals surface area contributed by atoms with Crippen molar-refractivity contribution in [1.82, 2.24) is 15.2 Å². The topological polar surface area (TPSA) is 101 Å². The lowest BCUT2D eigenvalue weighted by molar-refractivity contribution is -0.112. The van der Waals surface area contributed by atoms with Crippen LogP contribution in [0.2, 0.25) is 0 Å².